The largest absolute Gasteiger partial charge is 0.396 e. The van der Waals surface area contributed by atoms with Gasteiger partial charge in [-0.15, -0.1) is 0 Å². The van der Waals surface area contributed by atoms with Crippen molar-refractivity contribution in [1.82, 2.24) is 9.78 Å². The molecule has 0 unspecified atom stereocenters. The Kier molecular flexibility index (Phi) is 2.48. The third kappa shape index (κ3) is 1.51. The molecular formula is C11H19N3. The van der Waals surface area contributed by atoms with Crippen LogP contribution in [-0.2, 0) is 7.05 Å². The van der Waals surface area contributed by atoms with Crippen LogP contribution in [0, 0.1) is 6.92 Å². The molecule has 0 amide bonds. The van der Waals surface area contributed by atoms with E-state index in [9.17, 15) is 0 Å². The normalized spacial score (nSPS) is 18.7. The van der Waals surface area contributed by atoms with Crippen LogP contribution < -0.4 is 5.73 Å². The molecule has 1 aliphatic rings. The first kappa shape index (κ1) is 9.56. The fourth-order valence-corrected chi connectivity index (χ4v) is 2.33. The smallest absolute Gasteiger partial charge is 0.0887 e. The van der Waals surface area contributed by atoms with Crippen LogP contribution in [0.3, 0.4) is 0 Å². The molecule has 1 fully saturated rings. The maximum atomic E-state index is 6.05. The number of nitrogens with two attached hydrogens (primary N) is 1. The van der Waals surface area contributed by atoms with Crippen LogP contribution in [0.1, 0.15) is 49.4 Å². The Morgan fingerprint density at radius 1 is 1.29 bits per heavy atom. The van der Waals surface area contributed by atoms with Crippen molar-refractivity contribution in [2.45, 2.75) is 44.9 Å². The van der Waals surface area contributed by atoms with Gasteiger partial charge in [-0.1, -0.05) is 19.3 Å². The Labute approximate surface area is 85.3 Å². The summed E-state index contributed by atoms with van der Waals surface area (Å²) in [6.45, 7) is 2.04. The molecule has 3 heteroatoms. The molecule has 3 nitrogen and oxygen atoms in total. The van der Waals surface area contributed by atoms with Crippen LogP contribution in [0.5, 0.6) is 0 Å². The molecule has 0 aliphatic heterocycles. The summed E-state index contributed by atoms with van der Waals surface area (Å²) in [5.41, 5.74) is 9.21. The first-order valence-corrected chi connectivity index (χ1v) is 5.49. The highest BCUT2D eigenvalue weighted by molar-refractivity contribution is 5.49. The topological polar surface area (TPSA) is 43.8 Å². The number of rotatable bonds is 1. The van der Waals surface area contributed by atoms with E-state index in [-0.39, 0.29) is 0 Å². The Morgan fingerprint density at radius 3 is 2.43 bits per heavy atom. The van der Waals surface area contributed by atoms with E-state index >= 15 is 0 Å². The fraction of sp³-hybridized carbons (Fsp3) is 0.727. The lowest BCUT2D eigenvalue weighted by atomic mass is 9.86. The number of anilines is 1. The van der Waals surface area contributed by atoms with Gasteiger partial charge in [-0.05, 0) is 19.8 Å². The van der Waals surface area contributed by atoms with Gasteiger partial charge in [0.2, 0.25) is 0 Å². The second kappa shape index (κ2) is 3.64. The van der Waals surface area contributed by atoms with Gasteiger partial charge in [-0.25, -0.2) is 0 Å². The summed E-state index contributed by atoms with van der Waals surface area (Å²) in [6.07, 6.45) is 6.57. The first-order valence-electron chi connectivity index (χ1n) is 5.49. The van der Waals surface area contributed by atoms with Crippen LogP contribution in [0.4, 0.5) is 5.69 Å². The molecule has 0 saturated heterocycles. The molecule has 0 bridgehead atoms. The Bertz CT molecular complexity index is 322. The molecule has 1 aliphatic carbocycles. The van der Waals surface area contributed by atoms with Crippen LogP contribution in [0.2, 0.25) is 0 Å². The minimum atomic E-state index is 0.614. The Hall–Kier alpha value is -0.990. The van der Waals surface area contributed by atoms with Crippen molar-refractivity contribution in [1.29, 1.82) is 0 Å². The van der Waals surface area contributed by atoms with E-state index in [0.29, 0.717) is 5.92 Å². The third-order valence-corrected chi connectivity index (χ3v) is 3.40. The van der Waals surface area contributed by atoms with Gasteiger partial charge in [0.05, 0.1) is 17.1 Å². The maximum absolute atomic E-state index is 6.05. The highest BCUT2D eigenvalue weighted by atomic mass is 15.3. The summed E-state index contributed by atoms with van der Waals surface area (Å²) in [6, 6.07) is 0. The predicted octanol–water partition coefficient (Wildman–Crippen LogP) is 2.36. The van der Waals surface area contributed by atoms with Crippen LogP contribution >= 0.6 is 0 Å². The van der Waals surface area contributed by atoms with Crippen LogP contribution in [-0.4, -0.2) is 9.78 Å². The molecule has 2 N–H and O–H groups in total. The number of aromatic nitrogens is 2. The summed E-state index contributed by atoms with van der Waals surface area (Å²) in [4.78, 5) is 0. The lowest BCUT2D eigenvalue weighted by Gasteiger charge is -2.20. The monoisotopic (exact) mass is 193 g/mol. The van der Waals surface area contributed by atoms with Crippen molar-refractivity contribution >= 4 is 5.69 Å². The van der Waals surface area contributed by atoms with E-state index < -0.39 is 0 Å². The summed E-state index contributed by atoms with van der Waals surface area (Å²) in [5, 5.41) is 4.53. The van der Waals surface area contributed by atoms with E-state index in [1.807, 2.05) is 18.7 Å². The highest BCUT2D eigenvalue weighted by Crippen LogP contribution is 2.35. The molecular weight excluding hydrogens is 174 g/mol. The van der Waals surface area contributed by atoms with E-state index in [1.165, 1.54) is 32.1 Å². The predicted molar refractivity (Wildman–Crippen MR) is 58.2 cm³/mol. The molecule has 1 aromatic heterocycles. The van der Waals surface area contributed by atoms with Crippen LogP contribution in [0.15, 0.2) is 0 Å². The van der Waals surface area contributed by atoms with E-state index in [2.05, 4.69) is 5.10 Å². The zero-order valence-electron chi connectivity index (χ0n) is 9.08. The summed E-state index contributed by atoms with van der Waals surface area (Å²) in [5.74, 6) is 0.614. The van der Waals surface area contributed by atoms with E-state index in [4.69, 9.17) is 5.73 Å². The SMILES string of the molecule is Cc1c(N)c(C2CCCCC2)nn1C. The van der Waals surface area contributed by atoms with Gasteiger partial charge in [0.1, 0.15) is 0 Å². The molecule has 2 rings (SSSR count). The first-order chi connectivity index (χ1) is 6.70. The van der Waals surface area contributed by atoms with Gasteiger partial charge in [-0.2, -0.15) is 5.10 Å². The number of nitrogens with zero attached hydrogens (tertiary/aromatic N) is 2. The fourth-order valence-electron chi connectivity index (χ4n) is 2.33. The van der Waals surface area contributed by atoms with Crippen LogP contribution in [0.25, 0.3) is 0 Å². The average Bonchev–Trinajstić information content (AvgIpc) is 2.47. The summed E-state index contributed by atoms with van der Waals surface area (Å²) < 4.78 is 1.90. The van der Waals surface area contributed by atoms with Gasteiger partial charge in [0, 0.05) is 13.0 Å². The number of hydrogen-bond acceptors (Lipinski definition) is 2. The zero-order chi connectivity index (χ0) is 10.1. The Morgan fingerprint density at radius 2 is 1.93 bits per heavy atom. The molecule has 14 heavy (non-hydrogen) atoms. The van der Waals surface area contributed by atoms with Crippen molar-refractivity contribution in [2.75, 3.05) is 5.73 Å². The maximum Gasteiger partial charge on any atom is 0.0887 e. The summed E-state index contributed by atoms with van der Waals surface area (Å²) in [7, 11) is 1.97. The minimum absolute atomic E-state index is 0.614. The lowest BCUT2D eigenvalue weighted by molar-refractivity contribution is 0.434. The second-order valence-corrected chi connectivity index (χ2v) is 4.34. The quantitative estimate of drug-likeness (QED) is 0.744. The summed E-state index contributed by atoms with van der Waals surface area (Å²) >= 11 is 0. The molecule has 1 aromatic rings. The van der Waals surface area contributed by atoms with E-state index in [0.717, 1.165) is 17.1 Å². The number of aryl methyl sites for hydroxylation is 1. The lowest BCUT2D eigenvalue weighted by Crippen LogP contribution is -2.07. The van der Waals surface area contributed by atoms with Gasteiger partial charge < -0.3 is 5.73 Å². The van der Waals surface area contributed by atoms with Gasteiger partial charge in [-0.3, -0.25) is 4.68 Å². The minimum Gasteiger partial charge on any atom is -0.396 e. The van der Waals surface area contributed by atoms with Crippen molar-refractivity contribution in [3.05, 3.63) is 11.4 Å². The van der Waals surface area contributed by atoms with E-state index in [1.54, 1.807) is 0 Å². The van der Waals surface area contributed by atoms with Gasteiger partial charge in [0.25, 0.3) is 0 Å². The van der Waals surface area contributed by atoms with Gasteiger partial charge in [0.15, 0.2) is 0 Å². The van der Waals surface area contributed by atoms with Crippen molar-refractivity contribution in [3.8, 4) is 0 Å². The highest BCUT2D eigenvalue weighted by Gasteiger charge is 2.21. The van der Waals surface area contributed by atoms with Crippen molar-refractivity contribution in [2.24, 2.45) is 7.05 Å². The number of hydrogen-bond donors (Lipinski definition) is 1. The standard InChI is InChI=1S/C11H19N3/c1-8-10(12)11(13-14(8)2)9-6-4-3-5-7-9/h9H,3-7,12H2,1-2H3. The average molecular weight is 193 g/mol. The van der Waals surface area contributed by atoms with Gasteiger partial charge >= 0.3 is 0 Å². The molecule has 0 aromatic carbocycles. The van der Waals surface area contributed by atoms with Crippen molar-refractivity contribution in [3.63, 3.8) is 0 Å². The molecule has 0 radical (unpaired) electrons. The molecule has 1 saturated carbocycles. The molecule has 0 atom stereocenters. The Balaban J connectivity index is 2.26. The molecule has 1 heterocycles. The third-order valence-electron chi connectivity index (χ3n) is 3.40. The molecule has 78 valence electrons. The second-order valence-electron chi connectivity index (χ2n) is 4.34. The van der Waals surface area contributed by atoms with Crippen molar-refractivity contribution < 1.29 is 0 Å². The number of nitrogen functional groups attached to an aromatic ring is 1. The molecule has 0 spiro atoms. The zero-order valence-corrected chi connectivity index (χ0v) is 9.08.